The van der Waals surface area contributed by atoms with E-state index in [1.54, 1.807) is 0 Å². The van der Waals surface area contributed by atoms with E-state index in [-0.39, 0.29) is 5.41 Å². The summed E-state index contributed by atoms with van der Waals surface area (Å²) in [5, 5.41) is 3.66. The normalized spacial score (nSPS) is 21.9. The molecule has 1 N–H and O–H groups in total. The van der Waals surface area contributed by atoms with Crippen molar-refractivity contribution in [1.82, 2.24) is 5.32 Å². The van der Waals surface area contributed by atoms with Gasteiger partial charge in [-0.25, -0.2) is 0 Å². The quantitative estimate of drug-likeness (QED) is 0.901. The second kappa shape index (κ2) is 6.17. The third-order valence-electron chi connectivity index (χ3n) is 4.63. The van der Waals surface area contributed by atoms with Gasteiger partial charge in [0.1, 0.15) is 0 Å². The predicted molar refractivity (Wildman–Crippen MR) is 88.6 cm³/mol. The fraction of sp³-hybridized carbons (Fsp3) is 0.667. The van der Waals surface area contributed by atoms with Crippen molar-refractivity contribution >= 4 is 5.69 Å². The summed E-state index contributed by atoms with van der Waals surface area (Å²) in [5.74, 6) is 0.742. The molecular weight excluding hydrogens is 244 g/mol. The Hall–Kier alpha value is -1.02. The van der Waals surface area contributed by atoms with E-state index in [1.807, 2.05) is 0 Å². The number of anilines is 1. The van der Waals surface area contributed by atoms with Gasteiger partial charge < -0.3 is 10.2 Å². The summed E-state index contributed by atoms with van der Waals surface area (Å²) in [6, 6.07) is 9.78. The van der Waals surface area contributed by atoms with Gasteiger partial charge in [-0.15, -0.1) is 0 Å². The summed E-state index contributed by atoms with van der Waals surface area (Å²) in [7, 11) is 0. The maximum Gasteiger partial charge on any atom is 0.0367 e. The molecule has 1 aliphatic rings. The molecule has 0 amide bonds. The number of piperazine rings is 1. The monoisotopic (exact) mass is 274 g/mol. The molecule has 1 aromatic carbocycles. The van der Waals surface area contributed by atoms with Gasteiger partial charge in [-0.1, -0.05) is 53.2 Å². The maximum atomic E-state index is 3.66. The minimum Gasteiger partial charge on any atom is -0.369 e. The molecule has 2 atom stereocenters. The topological polar surface area (TPSA) is 15.3 Å². The first-order valence-electron chi connectivity index (χ1n) is 8.00. The molecule has 1 fully saturated rings. The lowest BCUT2D eigenvalue weighted by Gasteiger charge is -2.38. The van der Waals surface area contributed by atoms with Crippen LogP contribution in [0.2, 0.25) is 0 Å². The Labute approximate surface area is 124 Å². The molecular formula is C18H30N2. The van der Waals surface area contributed by atoms with Crippen molar-refractivity contribution in [2.45, 2.75) is 52.5 Å². The average Bonchev–Trinajstić information content (AvgIpc) is 2.46. The molecule has 2 nitrogen and oxygen atoms in total. The van der Waals surface area contributed by atoms with Crippen LogP contribution in [0, 0.1) is 5.92 Å². The Morgan fingerprint density at radius 1 is 1.25 bits per heavy atom. The molecule has 1 aromatic rings. The van der Waals surface area contributed by atoms with E-state index in [0.29, 0.717) is 6.04 Å². The fourth-order valence-corrected chi connectivity index (χ4v) is 2.85. The Morgan fingerprint density at radius 3 is 2.45 bits per heavy atom. The minimum absolute atomic E-state index is 0.237. The van der Waals surface area contributed by atoms with Crippen molar-refractivity contribution in [2.24, 2.45) is 5.92 Å². The van der Waals surface area contributed by atoms with Gasteiger partial charge in [0.25, 0.3) is 0 Å². The Morgan fingerprint density at radius 2 is 1.90 bits per heavy atom. The van der Waals surface area contributed by atoms with Crippen LogP contribution in [0.4, 0.5) is 5.69 Å². The Balaban J connectivity index is 2.07. The number of rotatable bonds is 3. The lowest BCUT2D eigenvalue weighted by molar-refractivity contribution is 0.342. The van der Waals surface area contributed by atoms with Gasteiger partial charge in [0, 0.05) is 31.4 Å². The third-order valence-corrected chi connectivity index (χ3v) is 4.63. The largest absolute Gasteiger partial charge is 0.369 e. The molecule has 0 spiro atoms. The van der Waals surface area contributed by atoms with E-state index in [9.17, 15) is 0 Å². The molecule has 1 saturated heterocycles. The smallest absolute Gasteiger partial charge is 0.0367 e. The van der Waals surface area contributed by atoms with Gasteiger partial charge in [0.2, 0.25) is 0 Å². The molecule has 0 bridgehead atoms. The molecule has 0 aromatic heterocycles. The zero-order valence-corrected chi connectivity index (χ0v) is 13.7. The summed E-state index contributed by atoms with van der Waals surface area (Å²) in [6.45, 7) is 14.8. The number of hydrogen-bond donors (Lipinski definition) is 1. The summed E-state index contributed by atoms with van der Waals surface area (Å²) in [4.78, 5) is 2.53. The Kier molecular flexibility index (Phi) is 4.74. The van der Waals surface area contributed by atoms with E-state index in [0.717, 1.165) is 25.6 Å². The van der Waals surface area contributed by atoms with Crippen LogP contribution in [-0.2, 0) is 5.41 Å². The Bertz CT molecular complexity index is 416. The summed E-state index contributed by atoms with van der Waals surface area (Å²) < 4.78 is 0. The second-order valence-electron chi connectivity index (χ2n) is 7.19. The van der Waals surface area contributed by atoms with Crippen molar-refractivity contribution < 1.29 is 0 Å². The molecule has 0 saturated carbocycles. The zero-order chi connectivity index (χ0) is 14.8. The molecule has 1 aliphatic heterocycles. The van der Waals surface area contributed by atoms with Gasteiger partial charge in [0.05, 0.1) is 0 Å². The van der Waals surface area contributed by atoms with Gasteiger partial charge >= 0.3 is 0 Å². The van der Waals surface area contributed by atoms with Gasteiger partial charge in [-0.3, -0.25) is 0 Å². The highest BCUT2D eigenvalue weighted by atomic mass is 15.2. The molecule has 20 heavy (non-hydrogen) atoms. The van der Waals surface area contributed by atoms with Crippen LogP contribution in [0.5, 0.6) is 0 Å². The highest BCUT2D eigenvalue weighted by Gasteiger charge is 2.23. The van der Waals surface area contributed by atoms with Crippen LogP contribution in [0.3, 0.4) is 0 Å². The minimum atomic E-state index is 0.237. The van der Waals surface area contributed by atoms with Gasteiger partial charge in [-0.2, -0.15) is 0 Å². The van der Waals surface area contributed by atoms with Crippen LogP contribution in [0.25, 0.3) is 0 Å². The van der Waals surface area contributed by atoms with Crippen molar-refractivity contribution in [3.63, 3.8) is 0 Å². The van der Waals surface area contributed by atoms with Crippen LogP contribution in [-0.4, -0.2) is 25.7 Å². The van der Waals surface area contributed by atoms with E-state index in [2.05, 4.69) is 69.1 Å². The summed E-state index contributed by atoms with van der Waals surface area (Å²) in [5.41, 5.74) is 3.02. The van der Waals surface area contributed by atoms with Crippen LogP contribution < -0.4 is 10.2 Å². The SMILES string of the molecule is CCC(C)C1CN(c2ccc(C(C)(C)C)cc2)CCN1. The molecule has 0 radical (unpaired) electrons. The number of hydrogen-bond acceptors (Lipinski definition) is 2. The summed E-state index contributed by atoms with van der Waals surface area (Å²) >= 11 is 0. The molecule has 2 heteroatoms. The number of nitrogens with one attached hydrogen (secondary N) is 1. The summed E-state index contributed by atoms with van der Waals surface area (Å²) in [6.07, 6.45) is 1.24. The molecule has 2 unspecified atom stereocenters. The first kappa shape index (κ1) is 15.4. The van der Waals surface area contributed by atoms with Crippen molar-refractivity contribution in [1.29, 1.82) is 0 Å². The highest BCUT2D eigenvalue weighted by molar-refractivity contribution is 5.49. The number of benzene rings is 1. The van der Waals surface area contributed by atoms with Gasteiger partial charge in [-0.05, 0) is 29.0 Å². The van der Waals surface area contributed by atoms with Crippen molar-refractivity contribution in [3.05, 3.63) is 29.8 Å². The first-order chi connectivity index (χ1) is 9.41. The lowest BCUT2D eigenvalue weighted by atomic mass is 9.87. The maximum absolute atomic E-state index is 3.66. The van der Waals surface area contributed by atoms with Crippen molar-refractivity contribution in [2.75, 3.05) is 24.5 Å². The molecule has 112 valence electrons. The molecule has 1 heterocycles. The van der Waals surface area contributed by atoms with E-state index < -0.39 is 0 Å². The first-order valence-corrected chi connectivity index (χ1v) is 8.00. The highest BCUT2D eigenvalue weighted by Crippen LogP contribution is 2.26. The third kappa shape index (κ3) is 3.54. The zero-order valence-electron chi connectivity index (χ0n) is 13.7. The van der Waals surface area contributed by atoms with Crippen molar-refractivity contribution in [3.8, 4) is 0 Å². The number of nitrogens with zero attached hydrogens (tertiary/aromatic N) is 1. The standard InChI is InChI=1S/C18H30N2/c1-6-14(2)17-13-20(12-11-19-17)16-9-7-15(8-10-16)18(3,4)5/h7-10,14,17,19H,6,11-13H2,1-5H3. The molecule has 0 aliphatic carbocycles. The van der Waals surface area contributed by atoms with E-state index in [1.165, 1.54) is 17.7 Å². The van der Waals surface area contributed by atoms with Crippen LogP contribution >= 0.6 is 0 Å². The van der Waals surface area contributed by atoms with E-state index in [4.69, 9.17) is 0 Å². The van der Waals surface area contributed by atoms with Gasteiger partial charge in [0.15, 0.2) is 0 Å². The lowest BCUT2D eigenvalue weighted by Crippen LogP contribution is -2.53. The molecule has 2 rings (SSSR count). The predicted octanol–water partition coefficient (Wildman–Crippen LogP) is 3.81. The second-order valence-corrected chi connectivity index (χ2v) is 7.19. The van der Waals surface area contributed by atoms with Crippen LogP contribution in [0.15, 0.2) is 24.3 Å². The van der Waals surface area contributed by atoms with Crippen LogP contribution in [0.1, 0.15) is 46.6 Å². The van der Waals surface area contributed by atoms with E-state index >= 15 is 0 Å². The fourth-order valence-electron chi connectivity index (χ4n) is 2.85. The average molecular weight is 274 g/mol.